The van der Waals surface area contributed by atoms with E-state index in [0.29, 0.717) is 0 Å². The third-order valence-corrected chi connectivity index (χ3v) is 6.57. The quantitative estimate of drug-likeness (QED) is 0.260. The number of hydrogen-bond acceptors (Lipinski definition) is 3. The lowest BCUT2D eigenvalue weighted by Crippen LogP contribution is -2.36. The van der Waals surface area contributed by atoms with E-state index < -0.39 is 0 Å². The number of benzene rings is 3. The molecule has 0 radical (unpaired) electrons. The van der Waals surface area contributed by atoms with Gasteiger partial charge in [-0.3, -0.25) is 0 Å². The molecule has 4 aromatic rings. The number of likely N-dealkylation sites (tertiary alicyclic amines) is 1. The molecular formula is C27H25N3S. The molecule has 1 aliphatic rings. The lowest BCUT2D eigenvalue weighted by atomic mass is 10.1. The zero-order valence-electron chi connectivity index (χ0n) is 17.4. The van der Waals surface area contributed by atoms with Gasteiger partial charge in [0.15, 0.2) is 0 Å². The third-order valence-electron chi connectivity index (χ3n) is 5.57. The van der Waals surface area contributed by atoms with E-state index in [0.717, 1.165) is 51.3 Å². The summed E-state index contributed by atoms with van der Waals surface area (Å²) in [7, 11) is 0. The smallest absolute Gasteiger partial charge is 0.146 e. The van der Waals surface area contributed by atoms with Gasteiger partial charge in [0.25, 0.3) is 0 Å². The summed E-state index contributed by atoms with van der Waals surface area (Å²) in [4.78, 5) is 12.7. The van der Waals surface area contributed by atoms with Crippen molar-refractivity contribution >= 4 is 22.2 Å². The average Bonchev–Trinajstić information content (AvgIpc) is 3.29. The van der Waals surface area contributed by atoms with Crippen LogP contribution >= 0.6 is 11.3 Å². The Kier molecular flexibility index (Phi) is 5.90. The number of rotatable bonds is 4. The minimum atomic E-state index is 0.954. The first-order valence-corrected chi connectivity index (χ1v) is 11.7. The predicted octanol–water partition coefficient (Wildman–Crippen LogP) is 7.04. The Bertz CT molecular complexity index is 1150. The molecule has 3 nitrogen and oxygen atoms in total. The van der Waals surface area contributed by atoms with Crippen LogP contribution < -0.4 is 0 Å². The molecule has 0 atom stereocenters. The fraction of sp³-hybridized carbons (Fsp3) is 0.185. The maximum Gasteiger partial charge on any atom is 0.146 e. The Balaban J connectivity index is 1.66. The lowest BCUT2D eigenvalue weighted by molar-refractivity contribution is 0.343. The van der Waals surface area contributed by atoms with Crippen molar-refractivity contribution in [2.45, 2.75) is 19.3 Å². The van der Waals surface area contributed by atoms with Gasteiger partial charge in [-0.2, -0.15) is 0 Å². The van der Waals surface area contributed by atoms with Gasteiger partial charge in [0, 0.05) is 29.8 Å². The second kappa shape index (κ2) is 9.27. The molecule has 0 bridgehead atoms. The highest BCUT2D eigenvalue weighted by atomic mass is 32.1. The highest BCUT2D eigenvalue weighted by Crippen LogP contribution is 2.40. The van der Waals surface area contributed by atoms with Crippen molar-refractivity contribution in [1.82, 2.24) is 9.88 Å². The number of aliphatic imine (C=N–C) groups is 1. The fourth-order valence-corrected chi connectivity index (χ4v) is 4.95. The number of piperidine rings is 1. The highest BCUT2D eigenvalue weighted by molar-refractivity contribution is 7.19. The molecule has 154 valence electrons. The standard InChI is InChI=1S/C27H25N3S/c1-5-13-21(14-6-1)24-27(31-26(28-24)23-17-9-3-10-18-23)29-25(22-15-7-2-8-16-22)30-19-11-4-12-20-30/h1-3,5-10,13-18H,4,11-12,19-20H2. The van der Waals surface area contributed by atoms with Crippen LogP contribution in [-0.2, 0) is 0 Å². The van der Waals surface area contributed by atoms with Gasteiger partial charge in [0.1, 0.15) is 21.5 Å². The largest absolute Gasteiger partial charge is 0.356 e. The van der Waals surface area contributed by atoms with Gasteiger partial charge in [-0.05, 0) is 19.3 Å². The topological polar surface area (TPSA) is 28.5 Å². The van der Waals surface area contributed by atoms with Crippen LogP contribution in [0.15, 0.2) is 96.0 Å². The fourth-order valence-electron chi connectivity index (χ4n) is 3.98. The zero-order chi connectivity index (χ0) is 20.9. The van der Waals surface area contributed by atoms with Gasteiger partial charge in [-0.1, -0.05) is 102 Å². The van der Waals surface area contributed by atoms with Gasteiger partial charge >= 0.3 is 0 Å². The van der Waals surface area contributed by atoms with Gasteiger partial charge in [-0.25, -0.2) is 9.98 Å². The van der Waals surface area contributed by atoms with Crippen LogP contribution in [0.25, 0.3) is 21.8 Å². The van der Waals surface area contributed by atoms with Crippen molar-refractivity contribution in [3.05, 3.63) is 96.6 Å². The maximum atomic E-state index is 5.27. The molecule has 0 saturated carbocycles. The Morgan fingerprint density at radius 1 is 0.710 bits per heavy atom. The number of thiazole rings is 1. The summed E-state index contributed by atoms with van der Waals surface area (Å²) in [6.45, 7) is 2.11. The first-order valence-electron chi connectivity index (χ1n) is 10.9. The van der Waals surface area contributed by atoms with Crippen LogP contribution in [0.5, 0.6) is 0 Å². The van der Waals surface area contributed by atoms with E-state index in [-0.39, 0.29) is 0 Å². The van der Waals surface area contributed by atoms with Crippen molar-refractivity contribution in [2.24, 2.45) is 4.99 Å². The second-order valence-electron chi connectivity index (χ2n) is 7.75. The molecule has 5 rings (SSSR count). The molecule has 1 aromatic heterocycles. The SMILES string of the molecule is c1ccc(C(=Nc2sc(-c3ccccc3)nc2-c2ccccc2)N2CCCCC2)cc1. The summed E-state index contributed by atoms with van der Waals surface area (Å²) in [5, 5.41) is 1.97. The number of nitrogens with zero attached hydrogens (tertiary/aromatic N) is 3. The van der Waals surface area contributed by atoms with Gasteiger partial charge in [-0.15, -0.1) is 0 Å². The summed E-state index contributed by atoms with van der Waals surface area (Å²) in [5.41, 5.74) is 4.35. The first-order chi connectivity index (χ1) is 15.4. The molecule has 0 amide bonds. The van der Waals surface area contributed by atoms with Gasteiger partial charge in [0.2, 0.25) is 0 Å². The summed E-state index contributed by atoms with van der Waals surface area (Å²) in [6, 6.07) is 31.4. The number of aromatic nitrogens is 1. The molecule has 2 heterocycles. The third kappa shape index (κ3) is 4.44. The molecule has 31 heavy (non-hydrogen) atoms. The molecule has 1 saturated heterocycles. The highest BCUT2D eigenvalue weighted by Gasteiger charge is 2.20. The zero-order valence-corrected chi connectivity index (χ0v) is 18.3. The number of amidine groups is 1. The molecule has 1 aliphatic heterocycles. The Hall–Kier alpha value is -3.24. The van der Waals surface area contributed by atoms with E-state index >= 15 is 0 Å². The monoisotopic (exact) mass is 423 g/mol. The first kappa shape index (κ1) is 19.7. The van der Waals surface area contributed by atoms with E-state index in [2.05, 4.69) is 83.8 Å². The minimum Gasteiger partial charge on any atom is -0.356 e. The van der Waals surface area contributed by atoms with Crippen LogP contribution in [0.1, 0.15) is 24.8 Å². The van der Waals surface area contributed by atoms with Crippen LogP contribution in [0.2, 0.25) is 0 Å². The second-order valence-corrected chi connectivity index (χ2v) is 8.73. The van der Waals surface area contributed by atoms with Crippen molar-refractivity contribution < 1.29 is 0 Å². The molecule has 0 aliphatic carbocycles. The van der Waals surface area contributed by atoms with Crippen LogP contribution in [0.3, 0.4) is 0 Å². The van der Waals surface area contributed by atoms with Crippen molar-refractivity contribution in [2.75, 3.05) is 13.1 Å². The Labute approximate surface area is 187 Å². The van der Waals surface area contributed by atoms with E-state index in [1.807, 2.05) is 12.1 Å². The van der Waals surface area contributed by atoms with Crippen molar-refractivity contribution in [3.63, 3.8) is 0 Å². The normalized spacial score (nSPS) is 14.6. The van der Waals surface area contributed by atoms with Crippen LogP contribution in [0, 0.1) is 0 Å². The Morgan fingerprint density at radius 2 is 1.29 bits per heavy atom. The minimum absolute atomic E-state index is 0.954. The van der Waals surface area contributed by atoms with E-state index in [9.17, 15) is 0 Å². The van der Waals surface area contributed by atoms with Crippen LogP contribution in [0.4, 0.5) is 5.00 Å². The van der Waals surface area contributed by atoms with Gasteiger partial charge in [0.05, 0.1) is 0 Å². The molecule has 4 heteroatoms. The molecule has 0 unspecified atom stereocenters. The van der Waals surface area contributed by atoms with E-state index in [1.165, 1.54) is 19.3 Å². The summed E-state index contributed by atoms with van der Waals surface area (Å²) in [6.07, 6.45) is 3.73. The molecule has 0 N–H and O–H groups in total. The van der Waals surface area contributed by atoms with E-state index in [4.69, 9.17) is 9.98 Å². The maximum absolute atomic E-state index is 5.27. The predicted molar refractivity (Wildman–Crippen MR) is 131 cm³/mol. The van der Waals surface area contributed by atoms with Crippen molar-refractivity contribution in [1.29, 1.82) is 0 Å². The van der Waals surface area contributed by atoms with E-state index in [1.54, 1.807) is 11.3 Å². The number of hydrogen-bond donors (Lipinski definition) is 0. The average molecular weight is 424 g/mol. The molecular weight excluding hydrogens is 398 g/mol. The van der Waals surface area contributed by atoms with Crippen LogP contribution in [-0.4, -0.2) is 28.8 Å². The summed E-state index contributed by atoms with van der Waals surface area (Å²) >= 11 is 1.67. The molecule has 3 aromatic carbocycles. The Morgan fingerprint density at radius 3 is 1.94 bits per heavy atom. The molecule has 0 spiro atoms. The lowest BCUT2D eigenvalue weighted by Gasteiger charge is -2.30. The molecule has 1 fully saturated rings. The summed E-state index contributed by atoms with van der Waals surface area (Å²) in [5.74, 6) is 1.06. The van der Waals surface area contributed by atoms with Crippen molar-refractivity contribution in [3.8, 4) is 21.8 Å². The van der Waals surface area contributed by atoms with Gasteiger partial charge < -0.3 is 4.90 Å². The summed E-state index contributed by atoms with van der Waals surface area (Å²) < 4.78 is 0.